The molecule has 1 aromatic rings. The molecule has 1 amide bonds. The Morgan fingerprint density at radius 2 is 2.33 bits per heavy atom. The number of amides is 1. The van der Waals surface area contributed by atoms with Crippen LogP contribution in [0.2, 0.25) is 0 Å². The maximum absolute atomic E-state index is 11.7. The molecular formula is C10H10N4O4. The number of non-ortho nitro benzene ring substituents is 1. The lowest BCUT2D eigenvalue weighted by Gasteiger charge is -2.07. The molecule has 94 valence electrons. The maximum atomic E-state index is 11.7. The van der Waals surface area contributed by atoms with Crippen molar-refractivity contribution in [3.63, 3.8) is 0 Å². The van der Waals surface area contributed by atoms with Gasteiger partial charge in [-0.2, -0.15) is 0 Å². The first-order valence-electron chi connectivity index (χ1n) is 5.15. The Labute approximate surface area is 101 Å². The first kappa shape index (κ1) is 11.8. The van der Waals surface area contributed by atoms with Crippen molar-refractivity contribution < 1.29 is 14.8 Å². The van der Waals surface area contributed by atoms with Crippen LogP contribution in [0.5, 0.6) is 5.75 Å². The van der Waals surface area contributed by atoms with Crippen LogP contribution in [-0.2, 0) is 4.79 Å². The van der Waals surface area contributed by atoms with Gasteiger partial charge in [0.05, 0.1) is 17.2 Å². The number of rotatable bonds is 3. The number of aromatic hydroxyl groups is 1. The van der Waals surface area contributed by atoms with Gasteiger partial charge in [-0.05, 0) is 6.07 Å². The number of anilines is 1. The zero-order valence-electron chi connectivity index (χ0n) is 9.21. The second-order valence-corrected chi connectivity index (χ2v) is 3.57. The number of carbonyl (C=O) groups excluding carboxylic acids is 1. The van der Waals surface area contributed by atoms with Crippen molar-refractivity contribution in [3.05, 3.63) is 28.3 Å². The third kappa shape index (κ3) is 2.37. The van der Waals surface area contributed by atoms with Gasteiger partial charge in [0.15, 0.2) is 5.84 Å². The first-order valence-corrected chi connectivity index (χ1v) is 5.15. The smallest absolute Gasteiger partial charge is 0.290 e. The number of phenolic OH excluding ortho intramolecular Hbond substituents is 1. The van der Waals surface area contributed by atoms with Gasteiger partial charge in [-0.25, -0.2) is 0 Å². The van der Waals surface area contributed by atoms with Gasteiger partial charge >= 0.3 is 0 Å². The Balaban J connectivity index is 2.20. The molecule has 1 heterocycles. The minimum atomic E-state index is -0.611. The zero-order chi connectivity index (χ0) is 13.1. The van der Waals surface area contributed by atoms with Crippen LogP contribution < -0.4 is 10.6 Å². The van der Waals surface area contributed by atoms with Crippen LogP contribution in [-0.4, -0.2) is 34.9 Å². The monoisotopic (exact) mass is 250 g/mol. The van der Waals surface area contributed by atoms with Crippen molar-refractivity contribution in [2.75, 3.05) is 18.4 Å². The van der Waals surface area contributed by atoms with Gasteiger partial charge in [-0.15, -0.1) is 0 Å². The van der Waals surface area contributed by atoms with E-state index in [0.717, 1.165) is 18.2 Å². The van der Waals surface area contributed by atoms with E-state index < -0.39 is 10.8 Å². The predicted octanol–water partition coefficient (Wildman–Crippen LogP) is 0.241. The predicted molar refractivity (Wildman–Crippen MR) is 63.7 cm³/mol. The van der Waals surface area contributed by atoms with Crippen LogP contribution >= 0.6 is 0 Å². The van der Waals surface area contributed by atoms with Crippen molar-refractivity contribution in [2.24, 2.45) is 4.99 Å². The summed E-state index contributed by atoms with van der Waals surface area (Å²) in [4.78, 5) is 25.5. The van der Waals surface area contributed by atoms with Gasteiger partial charge in [-0.1, -0.05) is 0 Å². The molecule has 1 aliphatic heterocycles. The Kier molecular flexibility index (Phi) is 3.09. The molecule has 0 bridgehead atoms. The average molecular weight is 250 g/mol. The summed E-state index contributed by atoms with van der Waals surface area (Å²) in [6.07, 6.45) is 0. The molecule has 0 saturated heterocycles. The molecule has 0 radical (unpaired) electrons. The first-order chi connectivity index (χ1) is 8.58. The van der Waals surface area contributed by atoms with Gasteiger partial charge in [0.25, 0.3) is 11.6 Å². The number of benzene rings is 1. The van der Waals surface area contributed by atoms with E-state index in [-0.39, 0.29) is 23.0 Å². The summed E-state index contributed by atoms with van der Waals surface area (Å²) in [5.74, 6) is -0.628. The van der Waals surface area contributed by atoms with Crippen LogP contribution in [0.1, 0.15) is 0 Å². The highest BCUT2D eigenvalue weighted by atomic mass is 16.6. The summed E-state index contributed by atoms with van der Waals surface area (Å²) in [6, 6.07) is 3.39. The Morgan fingerprint density at radius 1 is 1.56 bits per heavy atom. The number of amidine groups is 1. The topological polar surface area (TPSA) is 117 Å². The van der Waals surface area contributed by atoms with Crippen molar-refractivity contribution >= 4 is 23.1 Å². The fraction of sp³-hybridized carbons (Fsp3) is 0.200. The van der Waals surface area contributed by atoms with E-state index in [4.69, 9.17) is 0 Å². The number of hydrogen-bond donors (Lipinski definition) is 3. The maximum Gasteiger partial charge on any atom is 0.290 e. The molecule has 0 unspecified atom stereocenters. The van der Waals surface area contributed by atoms with Crippen molar-refractivity contribution in [2.45, 2.75) is 0 Å². The van der Waals surface area contributed by atoms with Gasteiger partial charge in [0.2, 0.25) is 0 Å². The van der Waals surface area contributed by atoms with Gasteiger partial charge in [0.1, 0.15) is 5.75 Å². The van der Waals surface area contributed by atoms with Gasteiger partial charge in [0, 0.05) is 18.7 Å². The van der Waals surface area contributed by atoms with Crippen molar-refractivity contribution in [1.29, 1.82) is 0 Å². The molecule has 18 heavy (non-hydrogen) atoms. The molecule has 1 aromatic carbocycles. The van der Waals surface area contributed by atoms with E-state index in [1.165, 1.54) is 0 Å². The van der Waals surface area contributed by atoms with Crippen LogP contribution in [0.15, 0.2) is 23.2 Å². The fourth-order valence-electron chi connectivity index (χ4n) is 1.47. The lowest BCUT2D eigenvalue weighted by atomic mass is 10.2. The van der Waals surface area contributed by atoms with Gasteiger partial charge < -0.3 is 15.7 Å². The number of aliphatic imine (C=N–C) groups is 1. The largest absolute Gasteiger partial charge is 0.506 e. The van der Waals surface area contributed by atoms with Crippen LogP contribution in [0, 0.1) is 10.1 Å². The highest BCUT2D eigenvalue weighted by Crippen LogP contribution is 2.27. The van der Waals surface area contributed by atoms with Crippen LogP contribution in [0.3, 0.4) is 0 Å². The molecule has 8 nitrogen and oxygen atoms in total. The second kappa shape index (κ2) is 4.70. The van der Waals surface area contributed by atoms with E-state index in [1.54, 1.807) is 0 Å². The summed E-state index contributed by atoms with van der Waals surface area (Å²) >= 11 is 0. The number of nitro groups is 1. The molecule has 0 spiro atoms. The quantitative estimate of drug-likeness (QED) is 0.403. The number of hydrogen-bond acceptors (Lipinski definition) is 6. The Bertz CT molecular complexity index is 541. The molecule has 0 aromatic heterocycles. The van der Waals surface area contributed by atoms with E-state index in [1.807, 2.05) is 0 Å². The van der Waals surface area contributed by atoms with Crippen LogP contribution in [0.25, 0.3) is 0 Å². The minimum Gasteiger partial charge on any atom is -0.506 e. The Morgan fingerprint density at radius 3 is 2.94 bits per heavy atom. The third-order valence-electron chi connectivity index (χ3n) is 2.33. The molecule has 0 fully saturated rings. The van der Waals surface area contributed by atoms with E-state index in [0.29, 0.717) is 13.1 Å². The van der Waals surface area contributed by atoms with Crippen LogP contribution in [0.4, 0.5) is 11.4 Å². The van der Waals surface area contributed by atoms with E-state index in [2.05, 4.69) is 15.6 Å². The van der Waals surface area contributed by atoms with E-state index >= 15 is 0 Å². The molecular weight excluding hydrogens is 240 g/mol. The fourth-order valence-corrected chi connectivity index (χ4v) is 1.47. The molecule has 0 atom stereocenters. The number of phenols is 1. The molecule has 2 rings (SSSR count). The second-order valence-electron chi connectivity index (χ2n) is 3.57. The van der Waals surface area contributed by atoms with Crippen molar-refractivity contribution in [1.82, 2.24) is 5.32 Å². The number of nitrogens with zero attached hydrogens (tertiary/aromatic N) is 2. The number of carbonyl (C=O) groups is 1. The summed E-state index contributed by atoms with van der Waals surface area (Å²) in [7, 11) is 0. The lowest BCUT2D eigenvalue weighted by molar-refractivity contribution is -0.384. The number of nitro benzene ring substituents is 1. The van der Waals surface area contributed by atoms with E-state index in [9.17, 15) is 20.0 Å². The molecule has 8 heteroatoms. The van der Waals surface area contributed by atoms with Crippen molar-refractivity contribution in [3.8, 4) is 5.75 Å². The summed E-state index contributed by atoms with van der Waals surface area (Å²) in [6.45, 7) is 1.08. The third-order valence-corrected chi connectivity index (χ3v) is 2.33. The van der Waals surface area contributed by atoms with Gasteiger partial charge in [-0.3, -0.25) is 19.9 Å². The summed E-state index contributed by atoms with van der Waals surface area (Å²) in [5.41, 5.74) is -0.241. The standard InChI is InChI=1S/C10H10N4O4/c15-8-2-1-6(14(17)18)5-7(8)13-10(16)9-11-3-4-12-9/h1-2,5,15H,3-4H2,(H,11,12)(H,13,16). The summed E-state index contributed by atoms with van der Waals surface area (Å²) < 4.78 is 0. The molecule has 0 saturated carbocycles. The highest BCUT2D eigenvalue weighted by Gasteiger charge is 2.17. The summed E-state index contributed by atoms with van der Waals surface area (Å²) in [5, 5.41) is 25.2. The number of nitrogens with one attached hydrogen (secondary N) is 2. The normalized spacial score (nSPS) is 13.7. The highest BCUT2D eigenvalue weighted by molar-refractivity contribution is 6.42. The lowest BCUT2D eigenvalue weighted by Crippen LogP contribution is -2.32. The molecule has 3 N–H and O–H groups in total. The Hall–Kier alpha value is -2.64. The zero-order valence-corrected chi connectivity index (χ0v) is 9.21. The average Bonchev–Trinajstić information content (AvgIpc) is 2.85. The molecule has 1 aliphatic rings. The minimum absolute atomic E-state index is 0.0226. The SMILES string of the molecule is O=C(Nc1cc([N+](=O)[O-])ccc1O)C1=NCCN1. The molecule has 0 aliphatic carbocycles.